The van der Waals surface area contributed by atoms with Crippen molar-refractivity contribution < 1.29 is 24.2 Å². The van der Waals surface area contributed by atoms with Crippen LogP contribution in [0.15, 0.2) is 0 Å². The van der Waals surface area contributed by atoms with E-state index < -0.39 is 23.9 Å². The molecule has 1 N–H and O–H groups in total. The smallest absolute Gasteiger partial charge is 0.309 e. The third-order valence-electron chi connectivity index (χ3n) is 3.92. The summed E-state index contributed by atoms with van der Waals surface area (Å²) in [5.74, 6) is -1.86. The van der Waals surface area contributed by atoms with Gasteiger partial charge in [-0.1, -0.05) is 0 Å². The molecule has 0 unspecified atom stereocenters. The molecule has 0 aromatic heterocycles. The molecule has 0 amide bonds. The number of fused-ring (bicyclic) bond motifs is 2. The Hall–Kier alpha value is -1.10. The molecule has 0 aromatic carbocycles. The van der Waals surface area contributed by atoms with Gasteiger partial charge in [0.15, 0.2) is 0 Å². The predicted octanol–water partition coefficient (Wildman–Crippen LogP) is -0.0345. The molecule has 2 saturated carbocycles. The summed E-state index contributed by atoms with van der Waals surface area (Å²) < 4.78 is 9.42. The number of carbonyl (C=O) groups is 2. The van der Waals surface area contributed by atoms with Crippen LogP contribution in [-0.2, 0) is 19.1 Å². The van der Waals surface area contributed by atoms with Gasteiger partial charge < -0.3 is 14.6 Å². The molecule has 0 radical (unpaired) electrons. The first-order chi connectivity index (χ1) is 7.60. The first-order valence-corrected chi connectivity index (χ1v) is 5.43. The first-order valence-electron chi connectivity index (χ1n) is 5.43. The lowest BCUT2D eigenvalue weighted by molar-refractivity contribution is -0.162. The highest BCUT2D eigenvalue weighted by molar-refractivity contribution is 5.83. The molecule has 5 atom stereocenters. The molecule has 5 nitrogen and oxygen atoms in total. The summed E-state index contributed by atoms with van der Waals surface area (Å²) in [4.78, 5) is 23.3. The lowest BCUT2D eigenvalue weighted by Gasteiger charge is -2.29. The van der Waals surface area contributed by atoms with Gasteiger partial charge in [-0.15, -0.1) is 0 Å². The lowest BCUT2D eigenvalue weighted by Crippen LogP contribution is -2.41. The Morgan fingerprint density at radius 2 is 1.62 bits per heavy atom. The number of aliphatic hydroxyl groups excluding tert-OH is 1. The van der Waals surface area contributed by atoms with Crippen LogP contribution in [0.2, 0.25) is 0 Å². The number of hydrogen-bond acceptors (Lipinski definition) is 5. The molecule has 0 heterocycles. The van der Waals surface area contributed by atoms with Crippen molar-refractivity contribution in [1.82, 2.24) is 0 Å². The topological polar surface area (TPSA) is 72.8 Å². The molecular formula is C11H16O5. The number of aliphatic hydroxyl groups is 1. The number of esters is 2. The van der Waals surface area contributed by atoms with E-state index in [4.69, 9.17) is 9.47 Å². The van der Waals surface area contributed by atoms with E-state index in [9.17, 15) is 14.7 Å². The van der Waals surface area contributed by atoms with Gasteiger partial charge in [-0.05, 0) is 24.7 Å². The Bertz CT molecular complexity index is 313. The molecule has 0 saturated heterocycles. The van der Waals surface area contributed by atoms with Crippen molar-refractivity contribution in [2.75, 3.05) is 14.2 Å². The summed E-state index contributed by atoms with van der Waals surface area (Å²) in [7, 11) is 2.62. The maximum Gasteiger partial charge on any atom is 0.309 e. The van der Waals surface area contributed by atoms with Crippen molar-refractivity contribution >= 4 is 11.9 Å². The van der Waals surface area contributed by atoms with Crippen LogP contribution in [0, 0.1) is 23.7 Å². The Morgan fingerprint density at radius 3 is 2.19 bits per heavy atom. The summed E-state index contributed by atoms with van der Waals surface area (Å²) >= 11 is 0. The van der Waals surface area contributed by atoms with E-state index >= 15 is 0 Å². The molecule has 2 aliphatic rings. The van der Waals surface area contributed by atoms with Crippen LogP contribution in [-0.4, -0.2) is 37.4 Å². The van der Waals surface area contributed by atoms with Gasteiger partial charge in [0.05, 0.1) is 32.2 Å². The van der Waals surface area contributed by atoms with Crippen molar-refractivity contribution in [2.24, 2.45) is 23.7 Å². The monoisotopic (exact) mass is 228 g/mol. The summed E-state index contributed by atoms with van der Waals surface area (Å²) in [5, 5.41) is 9.75. The molecule has 0 aromatic rings. The van der Waals surface area contributed by atoms with Gasteiger partial charge in [0.2, 0.25) is 0 Å². The zero-order chi connectivity index (χ0) is 11.9. The fourth-order valence-corrected chi connectivity index (χ4v) is 3.26. The largest absolute Gasteiger partial charge is 0.469 e. The van der Waals surface area contributed by atoms with Crippen LogP contribution in [0.1, 0.15) is 12.8 Å². The summed E-state index contributed by atoms with van der Waals surface area (Å²) in [6, 6.07) is 0. The van der Waals surface area contributed by atoms with Gasteiger partial charge in [-0.25, -0.2) is 0 Å². The maximum atomic E-state index is 11.6. The second-order valence-electron chi connectivity index (χ2n) is 4.56. The third-order valence-corrected chi connectivity index (χ3v) is 3.92. The van der Waals surface area contributed by atoms with Gasteiger partial charge in [-0.2, -0.15) is 0 Å². The average molecular weight is 228 g/mol. The highest BCUT2D eigenvalue weighted by atomic mass is 16.5. The van der Waals surface area contributed by atoms with Crippen LogP contribution in [0.4, 0.5) is 0 Å². The SMILES string of the molecule is COC(=O)[C@@H]1[C@H]2C[C@@H]([C@H]1C(=O)OC)[C@H](O)C2. The molecule has 90 valence electrons. The molecule has 0 aliphatic heterocycles. The van der Waals surface area contributed by atoms with Crippen LogP contribution >= 0.6 is 0 Å². The quantitative estimate of drug-likeness (QED) is 0.672. The Morgan fingerprint density at radius 1 is 1.06 bits per heavy atom. The van der Waals surface area contributed by atoms with E-state index in [0.717, 1.165) is 0 Å². The molecule has 0 spiro atoms. The third kappa shape index (κ3) is 1.50. The van der Waals surface area contributed by atoms with E-state index in [0.29, 0.717) is 12.8 Å². The molecular weight excluding hydrogens is 212 g/mol. The van der Waals surface area contributed by atoms with E-state index in [1.807, 2.05) is 0 Å². The summed E-state index contributed by atoms with van der Waals surface area (Å²) in [6.07, 6.45) is 0.800. The second kappa shape index (κ2) is 4.05. The van der Waals surface area contributed by atoms with Crippen molar-refractivity contribution in [2.45, 2.75) is 18.9 Å². The Kier molecular flexibility index (Phi) is 2.88. The van der Waals surface area contributed by atoms with E-state index in [-0.39, 0.29) is 17.8 Å². The maximum absolute atomic E-state index is 11.6. The summed E-state index contributed by atoms with van der Waals surface area (Å²) in [5.41, 5.74) is 0. The van der Waals surface area contributed by atoms with Crippen LogP contribution < -0.4 is 0 Å². The lowest BCUT2D eigenvalue weighted by atomic mass is 9.78. The first kappa shape index (κ1) is 11.4. The molecule has 2 rings (SSSR count). The second-order valence-corrected chi connectivity index (χ2v) is 4.56. The number of rotatable bonds is 2. The predicted molar refractivity (Wildman–Crippen MR) is 53.2 cm³/mol. The van der Waals surface area contributed by atoms with Gasteiger partial charge in [0.25, 0.3) is 0 Å². The molecule has 2 aliphatic carbocycles. The normalized spacial score (nSPS) is 40.8. The molecule has 16 heavy (non-hydrogen) atoms. The van der Waals surface area contributed by atoms with Gasteiger partial charge in [-0.3, -0.25) is 9.59 Å². The van der Waals surface area contributed by atoms with Crippen molar-refractivity contribution in [3.63, 3.8) is 0 Å². The van der Waals surface area contributed by atoms with Crippen LogP contribution in [0.25, 0.3) is 0 Å². The Labute approximate surface area is 93.7 Å². The fourth-order valence-electron chi connectivity index (χ4n) is 3.26. The fraction of sp³-hybridized carbons (Fsp3) is 0.818. The van der Waals surface area contributed by atoms with Crippen molar-refractivity contribution in [3.05, 3.63) is 0 Å². The Balaban J connectivity index is 2.24. The molecule has 2 bridgehead atoms. The van der Waals surface area contributed by atoms with Crippen molar-refractivity contribution in [3.8, 4) is 0 Å². The van der Waals surface area contributed by atoms with Gasteiger partial charge in [0, 0.05) is 0 Å². The number of carbonyl (C=O) groups excluding carboxylic acids is 2. The van der Waals surface area contributed by atoms with Crippen LogP contribution in [0.5, 0.6) is 0 Å². The zero-order valence-electron chi connectivity index (χ0n) is 9.38. The average Bonchev–Trinajstić information content (AvgIpc) is 2.82. The highest BCUT2D eigenvalue weighted by Crippen LogP contribution is 2.53. The van der Waals surface area contributed by atoms with Gasteiger partial charge in [0.1, 0.15) is 0 Å². The summed E-state index contributed by atoms with van der Waals surface area (Å²) in [6.45, 7) is 0. The minimum absolute atomic E-state index is 0.0524. The molecule has 2 fully saturated rings. The van der Waals surface area contributed by atoms with Gasteiger partial charge >= 0.3 is 11.9 Å². The van der Waals surface area contributed by atoms with Crippen molar-refractivity contribution in [1.29, 1.82) is 0 Å². The minimum atomic E-state index is -0.536. The minimum Gasteiger partial charge on any atom is -0.469 e. The van der Waals surface area contributed by atoms with E-state index in [1.165, 1.54) is 14.2 Å². The van der Waals surface area contributed by atoms with E-state index in [2.05, 4.69) is 0 Å². The highest BCUT2D eigenvalue weighted by Gasteiger charge is 2.58. The number of methoxy groups -OCH3 is 2. The van der Waals surface area contributed by atoms with Crippen LogP contribution in [0.3, 0.4) is 0 Å². The zero-order valence-corrected chi connectivity index (χ0v) is 9.38. The molecule has 5 heteroatoms. The number of hydrogen-bond donors (Lipinski definition) is 1. The number of ether oxygens (including phenoxy) is 2. The van der Waals surface area contributed by atoms with E-state index in [1.54, 1.807) is 0 Å². The standard InChI is InChI=1S/C11H16O5/c1-15-10(13)8-5-3-6(7(12)4-5)9(8)11(14)16-2/h5-9,12H,3-4H2,1-2H3/t5-,6+,7+,8+,9+/m0/s1.